The summed E-state index contributed by atoms with van der Waals surface area (Å²) in [5, 5.41) is 0. The molecule has 1 aromatic carbocycles. The van der Waals surface area contributed by atoms with Crippen molar-refractivity contribution >= 4 is 5.97 Å². The number of esters is 1. The molecule has 2 heterocycles. The van der Waals surface area contributed by atoms with E-state index in [2.05, 4.69) is 9.72 Å². The quantitative estimate of drug-likeness (QED) is 0.782. The number of aryl methyl sites for hydroxylation is 1. The summed E-state index contributed by atoms with van der Waals surface area (Å²) in [5.41, 5.74) is 0.893. The van der Waals surface area contributed by atoms with Gasteiger partial charge in [-0.25, -0.2) is 9.78 Å². The minimum absolute atomic E-state index is 0.178. The summed E-state index contributed by atoms with van der Waals surface area (Å²) in [6.07, 6.45) is 0. The van der Waals surface area contributed by atoms with Gasteiger partial charge >= 0.3 is 5.97 Å². The van der Waals surface area contributed by atoms with Crippen molar-refractivity contribution in [1.82, 2.24) is 4.98 Å². The minimum Gasteiger partial charge on any atom is -0.486 e. The standard InChI is InChI=1S/C14H13NO5/c1-8-12(14(16)17-2)15-13(20-8)9-3-4-10-11(7-9)19-6-5-18-10/h3-4,7H,5-6H2,1-2H3. The van der Waals surface area contributed by atoms with Gasteiger partial charge in [0.05, 0.1) is 7.11 Å². The van der Waals surface area contributed by atoms with Crippen molar-refractivity contribution < 1.29 is 23.4 Å². The zero-order chi connectivity index (χ0) is 14.1. The molecule has 1 aromatic heterocycles. The molecule has 1 aliphatic rings. The number of oxazole rings is 1. The number of carbonyl (C=O) groups excluding carboxylic acids is 1. The Morgan fingerprint density at radius 1 is 1.25 bits per heavy atom. The van der Waals surface area contributed by atoms with Gasteiger partial charge in [0, 0.05) is 5.56 Å². The second kappa shape index (κ2) is 4.88. The molecule has 0 spiro atoms. The van der Waals surface area contributed by atoms with Crippen molar-refractivity contribution in [2.75, 3.05) is 20.3 Å². The van der Waals surface area contributed by atoms with Crippen molar-refractivity contribution in [2.24, 2.45) is 0 Å². The SMILES string of the molecule is COC(=O)c1nc(-c2ccc3c(c2)OCCO3)oc1C. The summed E-state index contributed by atoms with van der Waals surface area (Å²) in [4.78, 5) is 15.7. The predicted octanol–water partition coefficient (Wildman–Crippen LogP) is 2.21. The Bertz CT molecular complexity index is 662. The molecule has 104 valence electrons. The number of nitrogens with zero attached hydrogens (tertiary/aromatic N) is 1. The van der Waals surface area contributed by atoms with E-state index in [1.165, 1.54) is 7.11 Å². The fraction of sp³-hybridized carbons (Fsp3) is 0.286. The van der Waals surface area contributed by atoms with E-state index in [0.29, 0.717) is 41.9 Å². The number of aromatic nitrogens is 1. The summed E-state index contributed by atoms with van der Waals surface area (Å²) < 4.78 is 21.1. The summed E-state index contributed by atoms with van der Waals surface area (Å²) in [6.45, 7) is 2.71. The molecule has 0 atom stereocenters. The lowest BCUT2D eigenvalue weighted by molar-refractivity contribution is 0.0593. The molecule has 6 heteroatoms. The van der Waals surface area contributed by atoms with Crippen molar-refractivity contribution in [3.8, 4) is 23.0 Å². The van der Waals surface area contributed by atoms with Crippen molar-refractivity contribution in [3.05, 3.63) is 29.7 Å². The van der Waals surface area contributed by atoms with Crippen LogP contribution < -0.4 is 9.47 Å². The van der Waals surface area contributed by atoms with Crippen molar-refractivity contribution in [2.45, 2.75) is 6.92 Å². The number of carbonyl (C=O) groups is 1. The molecule has 0 unspecified atom stereocenters. The van der Waals surface area contributed by atoms with E-state index >= 15 is 0 Å². The van der Waals surface area contributed by atoms with Gasteiger partial charge in [-0.1, -0.05) is 0 Å². The van der Waals surface area contributed by atoms with Crippen LogP contribution in [0, 0.1) is 6.92 Å². The first-order valence-corrected chi connectivity index (χ1v) is 6.15. The lowest BCUT2D eigenvalue weighted by Gasteiger charge is -2.18. The first-order chi connectivity index (χ1) is 9.69. The lowest BCUT2D eigenvalue weighted by atomic mass is 10.2. The molecule has 0 fully saturated rings. The Morgan fingerprint density at radius 2 is 2.00 bits per heavy atom. The van der Waals surface area contributed by atoms with Gasteiger partial charge in [-0.2, -0.15) is 0 Å². The molecule has 3 rings (SSSR count). The molecule has 0 bridgehead atoms. The Balaban J connectivity index is 1.99. The third-order valence-electron chi connectivity index (χ3n) is 2.96. The van der Waals surface area contributed by atoms with Crippen LogP contribution in [0.15, 0.2) is 22.6 Å². The summed E-state index contributed by atoms with van der Waals surface area (Å²) >= 11 is 0. The number of ether oxygens (including phenoxy) is 3. The van der Waals surface area contributed by atoms with E-state index in [9.17, 15) is 4.79 Å². The van der Waals surface area contributed by atoms with Crippen LogP contribution in [0.3, 0.4) is 0 Å². The number of rotatable bonds is 2. The van der Waals surface area contributed by atoms with E-state index in [4.69, 9.17) is 13.9 Å². The Morgan fingerprint density at radius 3 is 2.75 bits per heavy atom. The minimum atomic E-state index is -0.518. The third-order valence-corrected chi connectivity index (χ3v) is 2.96. The second-order valence-electron chi connectivity index (χ2n) is 4.27. The monoisotopic (exact) mass is 275 g/mol. The van der Waals surface area contributed by atoms with Crippen LogP contribution in [-0.2, 0) is 4.74 Å². The topological polar surface area (TPSA) is 70.8 Å². The van der Waals surface area contributed by atoms with Gasteiger partial charge in [0.15, 0.2) is 17.2 Å². The number of fused-ring (bicyclic) bond motifs is 1. The molecule has 0 aliphatic carbocycles. The highest BCUT2D eigenvalue weighted by molar-refractivity contribution is 5.88. The van der Waals surface area contributed by atoms with Gasteiger partial charge in [0.2, 0.25) is 5.89 Å². The Kier molecular flexibility index (Phi) is 3.06. The highest BCUT2D eigenvalue weighted by atomic mass is 16.6. The van der Waals surface area contributed by atoms with Gasteiger partial charge in [-0.05, 0) is 25.1 Å². The number of hydrogen-bond acceptors (Lipinski definition) is 6. The molecular weight excluding hydrogens is 262 g/mol. The second-order valence-corrected chi connectivity index (χ2v) is 4.27. The number of hydrogen-bond donors (Lipinski definition) is 0. The smallest absolute Gasteiger partial charge is 0.360 e. The molecule has 1 aliphatic heterocycles. The third kappa shape index (κ3) is 2.09. The van der Waals surface area contributed by atoms with Crippen LogP contribution in [0.4, 0.5) is 0 Å². The molecule has 2 aromatic rings. The molecule has 6 nitrogen and oxygen atoms in total. The molecular formula is C14H13NO5. The summed E-state index contributed by atoms with van der Waals surface area (Å²) in [7, 11) is 1.31. The fourth-order valence-corrected chi connectivity index (χ4v) is 1.98. The van der Waals surface area contributed by atoms with E-state index in [1.807, 2.05) is 0 Å². The first-order valence-electron chi connectivity index (χ1n) is 6.15. The zero-order valence-corrected chi connectivity index (χ0v) is 11.1. The predicted molar refractivity (Wildman–Crippen MR) is 69.0 cm³/mol. The van der Waals surface area contributed by atoms with Crippen LogP contribution in [0.2, 0.25) is 0 Å². The number of methoxy groups -OCH3 is 1. The van der Waals surface area contributed by atoms with Crippen LogP contribution in [0.5, 0.6) is 11.5 Å². The van der Waals surface area contributed by atoms with Gasteiger partial charge in [-0.15, -0.1) is 0 Å². The van der Waals surface area contributed by atoms with Crippen LogP contribution in [-0.4, -0.2) is 31.3 Å². The maximum absolute atomic E-state index is 11.5. The highest BCUT2D eigenvalue weighted by Gasteiger charge is 2.20. The van der Waals surface area contributed by atoms with Gasteiger partial charge in [-0.3, -0.25) is 0 Å². The van der Waals surface area contributed by atoms with Crippen molar-refractivity contribution in [1.29, 1.82) is 0 Å². The van der Waals surface area contributed by atoms with E-state index in [0.717, 1.165) is 0 Å². The normalized spacial score (nSPS) is 13.1. The van der Waals surface area contributed by atoms with E-state index < -0.39 is 5.97 Å². The maximum Gasteiger partial charge on any atom is 0.360 e. The zero-order valence-electron chi connectivity index (χ0n) is 11.1. The fourth-order valence-electron chi connectivity index (χ4n) is 1.98. The lowest BCUT2D eigenvalue weighted by Crippen LogP contribution is -2.15. The Labute approximate surface area is 115 Å². The number of benzene rings is 1. The highest BCUT2D eigenvalue weighted by Crippen LogP contribution is 2.34. The molecule has 0 radical (unpaired) electrons. The Hall–Kier alpha value is -2.50. The van der Waals surface area contributed by atoms with Crippen LogP contribution in [0.25, 0.3) is 11.5 Å². The molecule has 0 N–H and O–H groups in total. The van der Waals surface area contributed by atoms with Crippen LogP contribution in [0.1, 0.15) is 16.2 Å². The van der Waals surface area contributed by atoms with Gasteiger partial charge in [0.25, 0.3) is 0 Å². The van der Waals surface area contributed by atoms with Crippen molar-refractivity contribution in [3.63, 3.8) is 0 Å². The van der Waals surface area contributed by atoms with E-state index in [1.54, 1.807) is 25.1 Å². The summed E-state index contributed by atoms with van der Waals surface area (Å²) in [5.74, 6) is 1.58. The van der Waals surface area contributed by atoms with E-state index in [-0.39, 0.29) is 5.69 Å². The first kappa shape index (κ1) is 12.5. The van der Waals surface area contributed by atoms with Gasteiger partial charge in [0.1, 0.15) is 19.0 Å². The average Bonchev–Trinajstić information content (AvgIpc) is 2.88. The van der Waals surface area contributed by atoms with Crippen LogP contribution >= 0.6 is 0 Å². The molecule has 0 amide bonds. The molecule has 0 saturated carbocycles. The average molecular weight is 275 g/mol. The largest absolute Gasteiger partial charge is 0.486 e. The van der Waals surface area contributed by atoms with Gasteiger partial charge < -0.3 is 18.6 Å². The summed E-state index contributed by atoms with van der Waals surface area (Å²) in [6, 6.07) is 5.38. The molecule has 0 saturated heterocycles. The molecule has 20 heavy (non-hydrogen) atoms. The maximum atomic E-state index is 11.5.